The molecule has 0 aliphatic rings. The number of aromatic nitrogens is 2. The molecule has 0 radical (unpaired) electrons. The predicted octanol–water partition coefficient (Wildman–Crippen LogP) is 17.6. The van der Waals surface area contributed by atoms with Crippen LogP contribution in [0.1, 0.15) is 271 Å². The highest BCUT2D eigenvalue weighted by Crippen LogP contribution is 2.18. The summed E-state index contributed by atoms with van der Waals surface area (Å²) in [4.78, 5) is 0. The van der Waals surface area contributed by atoms with Gasteiger partial charge in [0.2, 0.25) is 6.33 Å². The molecule has 1 aromatic carbocycles. The van der Waals surface area contributed by atoms with Gasteiger partial charge in [0.1, 0.15) is 0 Å². The Morgan fingerprint density at radius 2 is 0.623 bits per heavy atom. The second kappa shape index (κ2) is 37.6. The second-order valence-electron chi connectivity index (χ2n) is 17.4. The number of aryl methyl sites for hydroxylation is 2. The molecule has 0 saturated heterocycles. The third kappa shape index (κ3) is 27.8. The summed E-state index contributed by atoms with van der Waals surface area (Å²) in [5.74, 6) is 0. The van der Waals surface area contributed by atoms with E-state index in [0.717, 1.165) is 0 Å². The van der Waals surface area contributed by atoms with E-state index in [1.807, 2.05) is 0 Å². The van der Waals surface area contributed by atoms with Gasteiger partial charge in [0.25, 0.3) is 0 Å². The molecule has 0 amide bonds. The van der Waals surface area contributed by atoms with Gasteiger partial charge >= 0.3 is 0 Å². The first-order chi connectivity index (χ1) is 26.4. The van der Waals surface area contributed by atoms with Crippen molar-refractivity contribution < 1.29 is 4.57 Å². The van der Waals surface area contributed by atoms with Crippen molar-refractivity contribution in [3.8, 4) is 0 Å². The van der Waals surface area contributed by atoms with Gasteiger partial charge in [0.05, 0.1) is 13.1 Å². The van der Waals surface area contributed by atoms with E-state index in [9.17, 15) is 0 Å². The van der Waals surface area contributed by atoms with Crippen molar-refractivity contribution in [2.45, 2.75) is 284 Å². The Bertz CT molecular complexity index is 929. The van der Waals surface area contributed by atoms with E-state index >= 15 is 0 Å². The first-order valence-corrected chi connectivity index (χ1v) is 24.8. The van der Waals surface area contributed by atoms with Crippen LogP contribution in [0.5, 0.6) is 0 Å². The van der Waals surface area contributed by atoms with Crippen LogP contribution in [-0.4, -0.2) is 4.57 Å². The minimum absolute atomic E-state index is 1.17. The third-order valence-electron chi connectivity index (χ3n) is 12.3. The summed E-state index contributed by atoms with van der Waals surface area (Å²) in [5.41, 5.74) is 2.86. The number of para-hydroxylation sites is 2. The number of benzene rings is 1. The van der Waals surface area contributed by atoms with Crippen LogP contribution in [0.4, 0.5) is 0 Å². The van der Waals surface area contributed by atoms with Gasteiger partial charge < -0.3 is 0 Å². The maximum absolute atomic E-state index is 2.54. The van der Waals surface area contributed by atoms with Gasteiger partial charge in [-0.3, -0.25) is 0 Å². The zero-order chi connectivity index (χ0) is 37.5. The van der Waals surface area contributed by atoms with Crippen LogP contribution >= 0.6 is 0 Å². The van der Waals surface area contributed by atoms with E-state index in [1.165, 1.54) is 281 Å². The van der Waals surface area contributed by atoms with Gasteiger partial charge in [-0.2, -0.15) is 0 Å². The fourth-order valence-electron chi connectivity index (χ4n) is 8.67. The molecule has 1 heterocycles. The molecule has 2 heteroatoms. The Morgan fingerprint density at radius 3 is 0.962 bits per heavy atom. The maximum Gasteiger partial charge on any atom is 0.244 e. The van der Waals surface area contributed by atoms with Crippen LogP contribution in [-0.2, 0) is 13.1 Å². The molecule has 53 heavy (non-hydrogen) atoms. The van der Waals surface area contributed by atoms with Crippen molar-refractivity contribution in [2.24, 2.45) is 0 Å². The van der Waals surface area contributed by atoms with Crippen LogP contribution < -0.4 is 4.57 Å². The zero-order valence-electron chi connectivity index (χ0n) is 36.5. The number of rotatable bonds is 42. The minimum atomic E-state index is 1.17. The summed E-state index contributed by atoms with van der Waals surface area (Å²) >= 11 is 0. The summed E-state index contributed by atoms with van der Waals surface area (Å²) in [7, 11) is 0. The Morgan fingerprint density at radius 1 is 0.340 bits per heavy atom. The molecule has 308 valence electrons. The standard InChI is InChI=1S/C51H95N2/c1-3-5-7-9-11-13-15-17-19-21-23-25-27-29-31-33-35-37-39-43-47-52-49-53(51-46-42-41-45-50(51)52)48-44-40-38-36-34-32-30-28-26-24-22-20-18-16-14-12-10-8-6-4-2/h41-42,45-46,49H,3-40,43-44,47-48H2,1-2H3/q+1. The fraction of sp³-hybridized carbons (Fsp3) is 0.863. The lowest BCUT2D eigenvalue weighted by molar-refractivity contribution is -0.672. The van der Waals surface area contributed by atoms with Gasteiger partial charge in [-0.1, -0.05) is 257 Å². The Hall–Kier alpha value is -1.31. The molecule has 2 rings (SSSR count). The molecule has 0 atom stereocenters. The van der Waals surface area contributed by atoms with Crippen LogP contribution in [0.3, 0.4) is 0 Å². The van der Waals surface area contributed by atoms with Crippen molar-refractivity contribution in [1.82, 2.24) is 4.57 Å². The number of hydrogen-bond acceptors (Lipinski definition) is 0. The molecule has 0 N–H and O–H groups in total. The van der Waals surface area contributed by atoms with Gasteiger partial charge in [-0.15, -0.1) is 0 Å². The number of nitrogens with zero attached hydrogens (tertiary/aromatic N) is 2. The first kappa shape index (κ1) is 47.8. The lowest BCUT2D eigenvalue weighted by Crippen LogP contribution is -2.32. The lowest BCUT2D eigenvalue weighted by Gasteiger charge is -2.04. The number of unbranched alkanes of at least 4 members (excludes halogenated alkanes) is 38. The van der Waals surface area contributed by atoms with Crippen molar-refractivity contribution in [2.75, 3.05) is 0 Å². The molecule has 0 aliphatic heterocycles. The predicted molar refractivity (Wildman–Crippen MR) is 238 cm³/mol. The summed E-state index contributed by atoms with van der Waals surface area (Å²) in [5, 5.41) is 0. The Kier molecular flexibility index (Phi) is 33.9. The third-order valence-corrected chi connectivity index (χ3v) is 12.3. The first-order valence-electron chi connectivity index (χ1n) is 24.8. The highest BCUT2D eigenvalue weighted by molar-refractivity contribution is 5.71. The highest BCUT2D eigenvalue weighted by atomic mass is 15.1. The largest absolute Gasteiger partial charge is 0.244 e. The molecule has 0 spiro atoms. The van der Waals surface area contributed by atoms with Crippen LogP contribution in [0.2, 0.25) is 0 Å². The van der Waals surface area contributed by atoms with Gasteiger partial charge in [0.15, 0.2) is 11.0 Å². The topological polar surface area (TPSA) is 8.81 Å². The Labute approximate surface area is 333 Å². The van der Waals surface area contributed by atoms with Gasteiger partial charge in [-0.05, 0) is 37.8 Å². The molecule has 0 saturated carbocycles. The SMILES string of the molecule is CCCCCCCCCCCCCCCCCCCCCCn1c[n+](CCCCCCCCCCCCCCCCCCCCCC)c2ccccc21. The molecule has 2 nitrogen and oxygen atoms in total. The van der Waals surface area contributed by atoms with E-state index in [2.05, 4.69) is 53.6 Å². The average molecular weight is 736 g/mol. The molecule has 0 bridgehead atoms. The van der Waals surface area contributed by atoms with Gasteiger partial charge in [0, 0.05) is 0 Å². The van der Waals surface area contributed by atoms with Crippen molar-refractivity contribution in [1.29, 1.82) is 0 Å². The highest BCUT2D eigenvalue weighted by Gasteiger charge is 2.14. The number of imidazole rings is 1. The smallest absolute Gasteiger partial charge is 0.230 e. The molecule has 0 aliphatic carbocycles. The van der Waals surface area contributed by atoms with Gasteiger partial charge in [-0.25, -0.2) is 9.13 Å². The van der Waals surface area contributed by atoms with Crippen LogP contribution in [0.15, 0.2) is 30.6 Å². The summed E-state index contributed by atoms with van der Waals surface area (Å²) in [6.07, 6.45) is 60.3. The molecular weight excluding hydrogens is 641 g/mol. The van der Waals surface area contributed by atoms with Crippen LogP contribution in [0, 0.1) is 0 Å². The van der Waals surface area contributed by atoms with E-state index in [-0.39, 0.29) is 0 Å². The van der Waals surface area contributed by atoms with Crippen LogP contribution in [0.25, 0.3) is 11.0 Å². The van der Waals surface area contributed by atoms with Crippen molar-refractivity contribution in [3.05, 3.63) is 30.6 Å². The summed E-state index contributed by atoms with van der Waals surface area (Å²) < 4.78 is 5.08. The molecule has 0 unspecified atom stereocenters. The summed E-state index contributed by atoms with van der Waals surface area (Å²) in [6.45, 7) is 6.97. The Balaban J connectivity index is 1.37. The van der Waals surface area contributed by atoms with E-state index in [4.69, 9.17) is 0 Å². The summed E-state index contributed by atoms with van der Waals surface area (Å²) in [6, 6.07) is 9.11. The monoisotopic (exact) mass is 736 g/mol. The average Bonchev–Trinajstić information content (AvgIpc) is 3.53. The molecule has 0 fully saturated rings. The number of hydrogen-bond donors (Lipinski definition) is 0. The zero-order valence-corrected chi connectivity index (χ0v) is 36.5. The lowest BCUT2D eigenvalue weighted by atomic mass is 10.0. The van der Waals surface area contributed by atoms with E-state index in [1.54, 1.807) is 0 Å². The van der Waals surface area contributed by atoms with Crippen molar-refractivity contribution >= 4 is 11.0 Å². The molecule has 2 aromatic rings. The van der Waals surface area contributed by atoms with Crippen molar-refractivity contribution in [3.63, 3.8) is 0 Å². The maximum atomic E-state index is 2.54. The number of fused-ring (bicyclic) bond motifs is 1. The molecule has 1 aromatic heterocycles. The quantitative estimate of drug-likeness (QED) is 0.0474. The normalized spacial score (nSPS) is 11.7. The second-order valence-corrected chi connectivity index (χ2v) is 17.4. The minimum Gasteiger partial charge on any atom is -0.230 e. The van der Waals surface area contributed by atoms with E-state index < -0.39 is 0 Å². The fourth-order valence-corrected chi connectivity index (χ4v) is 8.67. The van der Waals surface area contributed by atoms with E-state index in [0.29, 0.717) is 0 Å². The molecular formula is C51H95N2+.